The zero-order valence-corrected chi connectivity index (χ0v) is 13.3. The van der Waals surface area contributed by atoms with E-state index in [-0.39, 0.29) is 18.9 Å². The Morgan fingerprint density at radius 2 is 1.79 bits per heavy atom. The molecule has 0 aromatic heterocycles. The van der Waals surface area contributed by atoms with Crippen LogP contribution in [0.25, 0.3) is 0 Å². The number of carbonyl (C=O) groups excluding carboxylic acids is 1. The van der Waals surface area contributed by atoms with Crippen LogP contribution < -0.4 is 14.8 Å². The molecule has 0 aliphatic carbocycles. The Labute approximate surface area is 140 Å². The molecular weight excluding hydrogens is 310 g/mol. The van der Waals surface area contributed by atoms with Crippen LogP contribution in [0.2, 0.25) is 0 Å². The molecule has 0 aliphatic heterocycles. The fraction of sp³-hybridized carbons (Fsp3) is 0.222. The molecule has 0 spiro atoms. The van der Waals surface area contributed by atoms with Crippen molar-refractivity contribution in [3.63, 3.8) is 0 Å². The van der Waals surface area contributed by atoms with Gasteiger partial charge in [0.05, 0.1) is 13.5 Å². The summed E-state index contributed by atoms with van der Waals surface area (Å²) in [5, 5.41) is 11.5. The molecule has 2 aromatic carbocycles. The number of amides is 1. The van der Waals surface area contributed by atoms with E-state index in [4.69, 9.17) is 14.6 Å². The first-order valence-electron chi connectivity index (χ1n) is 7.40. The molecule has 0 atom stereocenters. The zero-order valence-electron chi connectivity index (χ0n) is 13.3. The molecule has 2 aromatic rings. The minimum Gasteiger partial charge on any atom is -0.496 e. The van der Waals surface area contributed by atoms with E-state index in [1.807, 2.05) is 24.3 Å². The second-order valence-electron chi connectivity index (χ2n) is 5.09. The number of carboxylic acids is 1. The molecule has 0 heterocycles. The molecule has 0 aliphatic rings. The number of nitrogens with one attached hydrogen (secondary N) is 1. The lowest BCUT2D eigenvalue weighted by molar-refractivity contribution is -0.136. The van der Waals surface area contributed by atoms with Crippen molar-refractivity contribution in [2.24, 2.45) is 0 Å². The van der Waals surface area contributed by atoms with Crippen molar-refractivity contribution in [2.75, 3.05) is 13.7 Å². The number of hydrogen-bond acceptors (Lipinski definition) is 4. The lowest BCUT2D eigenvalue weighted by atomic mass is 10.1. The summed E-state index contributed by atoms with van der Waals surface area (Å²) in [5.74, 6) is 0.0826. The molecule has 0 saturated carbocycles. The van der Waals surface area contributed by atoms with Crippen molar-refractivity contribution in [3.8, 4) is 11.5 Å². The number of rotatable bonds is 8. The predicted octanol–water partition coefficient (Wildman–Crippen LogP) is 2.02. The third-order valence-electron chi connectivity index (χ3n) is 3.32. The van der Waals surface area contributed by atoms with Crippen molar-refractivity contribution >= 4 is 11.9 Å². The molecule has 2 rings (SSSR count). The fourth-order valence-corrected chi connectivity index (χ4v) is 2.12. The van der Waals surface area contributed by atoms with Crippen LogP contribution in [0.4, 0.5) is 0 Å². The van der Waals surface area contributed by atoms with Gasteiger partial charge >= 0.3 is 5.97 Å². The summed E-state index contributed by atoms with van der Waals surface area (Å²) in [7, 11) is 1.58. The highest BCUT2D eigenvalue weighted by Gasteiger charge is 2.06. The first-order chi connectivity index (χ1) is 11.6. The maximum absolute atomic E-state index is 11.8. The van der Waals surface area contributed by atoms with Gasteiger partial charge in [0.2, 0.25) is 0 Å². The number of hydrogen-bond donors (Lipinski definition) is 2. The summed E-state index contributed by atoms with van der Waals surface area (Å²) in [6.45, 7) is 0.233. The summed E-state index contributed by atoms with van der Waals surface area (Å²) in [6.07, 6.45) is -0.0420. The van der Waals surface area contributed by atoms with E-state index < -0.39 is 5.97 Å². The maximum Gasteiger partial charge on any atom is 0.307 e. The van der Waals surface area contributed by atoms with Gasteiger partial charge in [0, 0.05) is 12.1 Å². The zero-order chi connectivity index (χ0) is 17.4. The van der Waals surface area contributed by atoms with Crippen molar-refractivity contribution in [1.29, 1.82) is 0 Å². The maximum atomic E-state index is 11.8. The Morgan fingerprint density at radius 3 is 2.46 bits per heavy atom. The number of carboxylic acid groups (broad SMARTS) is 1. The van der Waals surface area contributed by atoms with Crippen LogP contribution in [0.15, 0.2) is 48.5 Å². The lowest BCUT2D eigenvalue weighted by Crippen LogP contribution is -2.28. The first-order valence-corrected chi connectivity index (χ1v) is 7.40. The van der Waals surface area contributed by atoms with Gasteiger partial charge in [0.1, 0.15) is 11.5 Å². The largest absolute Gasteiger partial charge is 0.496 e. The smallest absolute Gasteiger partial charge is 0.307 e. The highest BCUT2D eigenvalue weighted by atomic mass is 16.5. The van der Waals surface area contributed by atoms with E-state index in [1.54, 1.807) is 31.4 Å². The highest BCUT2D eigenvalue weighted by molar-refractivity contribution is 5.77. The molecule has 0 fully saturated rings. The summed E-state index contributed by atoms with van der Waals surface area (Å²) in [6, 6.07) is 14.1. The summed E-state index contributed by atoms with van der Waals surface area (Å²) >= 11 is 0. The molecule has 24 heavy (non-hydrogen) atoms. The molecule has 1 amide bonds. The van der Waals surface area contributed by atoms with Crippen molar-refractivity contribution < 1.29 is 24.2 Å². The molecule has 126 valence electrons. The number of aliphatic carboxylic acids is 1. The average Bonchev–Trinajstić information content (AvgIpc) is 2.59. The van der Waals surface area contributed by atoms with Crippen LogP contribution in [0.3, 0.4) is 0 Å². The Hall–Kier alpha value is -3.02. The van der Waals surface area contributed by atoms with Gasteiger partial charge in [-0.15, -0.1) is 0 Å². The third-order valence-corrected chi connectivity index (χ3v) is 3.32. The Morgan fingerprint density at radius 1 is 1.08 bits per heavy atom. The van der Waals surface area contributed by atoms with Gasteiger partial charge < -0.3 is 19.9 Å². The van der Waals surface area contributed by atoms with Gasteiger partial charge in [-0.25, -0.2) is 0 Å². The summed E-state index contributed by atoms with van der Waals surface area (Å²) < 4.78 is 10.6. The minimum absolute atomic E-state index is 0.0420. The van der Waals surface area contributed by atoms with E-state index in [0.717, 1.165) is 5.56 Å². The molecule has 6 heteroatoms. The lowest BCUT2D eigenvalue weighted by Gasteiger charge is -2.10. The van der Waals surface area contributed by atoms with Gasteiger partial charge in [-0.2, -0.15) is 0 Å². The average molecular weight is 329 g/mol. The molecule has 6 nitrogen and oxygen atoms in total. The Balaban J connectivity index is 1.79. The summed E-state index contributed by atoms with van der Waals surface area (Å²) in [5.41, 5.74) is 1.56. The number of methoxy groups -OCH3 is 1. The number of carbonyl (C=O) groups is 2. The third kappa shape index (κ3) is 5.31. The van der Waals surface area contributed by atoms with Crippen molar-refractivity contribution in [1.82, 2.24) is 5.32 Å². The van der Waals surface area contributed by atoms with E-state index in [1.165, 1.54) is 0 Å². The van der Waals surface area contributed by atoms with Gasteiger partial charge in [0.25, 0.3) is 5.91 Å². The molecule has 2 N–H and O–H groups in total. The number of ether oxygens (including phenoxy) is 2. The quantitative estimate of drug-likeness (QED) is 0.774. The van der Waals surface area contributed by atoms with Crippen molar-refractivity contribution in [2.45, 2.75) is 13.0 Å². The van der Waals surface area contributed by atoms with Crippen LogP contribution in [0.5, 0.6) is 11.5 Å². The predicted molar refractivity (Wildman–Crippen MR) is 88.1 cm³/mol. The van der Waals surface area contributed by atoms with Crippen molar-refractivity contribution in [3.05, 3.63) is 59.7 Å². The monoisotopic (exact) mass is 329 g/mol. The number of para-hydroxylation sites is 1. The van der Waals surface area contributed by atoms with Crippen LogP contribution in [0, 0.1) is 0 Å². The second-order valence-corrected chi connectivity index (χ2v) is 5.09. The Bertz CT molecular complexity index is 697. The van der Waals surface area contributed by atoms with E-state index >= 15 is 0 Å². The minimum atomic E-state index is -0.889. The van der Waals surface area contributed by atoms with E-state index in [0.29, 0.717) is 23.6 Å². The van der Waals surface area contributed by atoms with Crippen LogP contribution >= 0.6 is 0 Å². The molecule has 0 bridgehead atoms. The molecule has 0 radical (unpaired) electrons. The number of benzene rings is 2. The van der Waals surface area contributed by atoms with Crippen LogP contribution in [-0.2, 0) is 22.6 Å². The van der Waals surface area contributed by atoms with E-state index in [9.17, 15) is 9.59 Å². The van der Waals surface area contributed by atoms with Gasteiger partial charge in [-0.1, -0.05) is 30.3 Å². The first kappa shape index (κ1) is 17.3. The van der Waals surface area contributed by atoms with Gasteiger partial charge in [-0.3, -0.25) is 9.59 Å². The molecule has 0 saturated heterocycles. The summed E-state index contributed by atoms with van der Waals surface area (Å²) in [4.78, 5) is 22.5. The second kappa shape index (κ2) is 8.57. The van der Waals surface area contributed by atoms with Gasteiger partial charge in [-0.05, 0) is 23.8 Å². The fourth-order valence-electron chi connectivity index (χ4n) is 2.12. The highest BCUT2D eigenvalue weighted by Crippen LogP contribution is 2.16. The van der Waals surface area contributed by atoms with Gasteiger partial charge in [0.15, 0.2) is 6.61 Å². The Kier molecular flexibility index (Phi) is 6.19. The molecular formula is C18H19NO5. The van der Waals surface area contributed by atoms with Crippen LogP contribution in [-0.4, -0.2) is 30.7 Å². The standard InChI is InChI=1S/C18H19NO5/c1-23-16-5-3-2-4-14(16)11-19-17(20)12-24-15-8-6-13(7-9-15)10-18(21)22/h2-9H,10-12H2,1H3,(H,19,20)(H,21,22). The topological polar surface area (TPSA) is 84.9 Å². The van der Waals surface area contributed by atoms with E-state index in [2.05, 4.69) is 5.32 Å². The van der Waals surface area contributed by atoms with Crippen LogP contribution in [0.1, 0.15) is 11.1 Å². The SMILES string of the molecule is COc1ccccc1CNC(=O)COc1ccc(CC(=O)O)cc1. The normalized spacial score (nSPS) is 10.0. The molecule has 0 unspecified atom stereocenters.